The van der Waals surface area contributed by atoms with Gasteiger partial charge in [-0.05, 0) is 36.8 Å². The lowest BCUT2D eigenvalue weighted by Crippen LogP contribution is -2.52. The number of aliphatic carboxylic acids is 2. The van der Waals surface area contributed by atoms with Crippen LogP contribution in [0, 0.1) is 11.3 Å². The molecule has 2 atom stereocenters. The van der Waals surface area contributed by atoms with Crippen LogP contribution < -0.4 is 0 Å². The number of morpholine rings is 1. The van der Waals surface area contributed by atoms with E-state index < -0.39 is 24.3 Å². The van der Waals surface area contributed by atoms with Gasteiger partial charge in [-0.25, -0.2) is 9.59 Å². The van der Waals surface area contributed by atoms with Gasteiger partial charge in [-0.15, -0.1) is 11.3 Å². The number of carbonyl (C=O) groups excluding carboxylic acids is 1. The SMILES string of the molecule is Cn1cc(CN2C[C@@H]3CN(Cc4cccs4)CCC[C@]3(C(=O)N3CCOCC3)C2)cn1.O=C(O)C(F)(F)F.O=C(O)C(F)(F)F. The van der Waals surface area contributed by atoms with Crippen molar-refractivity contribution in [2.45, 2.75) is 38.3 Å². The minimum Gasteiger partial charge on any atom is -0.475 e. The van der Waals surface area contributed by atoms with Gasteiger partial charge >= 0.3 is 24.3 Å². The molecule has 11 nitrogen and oxygen atoms in total. The molecular weight excluding hydrogens is 636 g/mol. The predicted molar refractivity (Wildman–Crippen MR) is 148 cm³/mol. The quantitative estimate of drug-likeness (QED) is 0.461. The third-order valence-electron chi connectivity index (χ3n) is 7.67. The van der Waals surface area contributed by atoms with Crippen LogP contribution >= 0.6 is 11.3 Å². The second kappa shape index (κ2) is 15.4. The van der Waals surface area contributed by atoms with Crippen molar-refractivity contribution in [2.24, 2.45) is 18.4 Å². The number of carbonyl (C=O) groups is 3. The van der Waals surface area contributed by atoms with Crippen molar-refractivity contribution in [3.8, 4) is 0 Å². The third-order valence-corrected chi connectivity index (χ3v) is 8.54. The van der Waals surface area contributed by atoms with Crippen LogP contribution in [0.4, 0.5) is 26.3 Å². The molecule has 0 aromatic carbocycles. The lowest BCUT2D eigenvalue weighted by Gasteiger charge is -2.39. The molecule has 2 aromatic rings. The Morgan fingerprint density at radius 3 is 2.11 bits per heavy atom. The number of amides is 1. The number of nitrogens with zero attached hydrogens (tertiary/aromatic N) is 5. The molecule has 45 heavy (non-hydrogen) atoms. The summed E-state index contributed by atoms with van der Waals surface area (Å²) in [6.07, 6.45) is -4.06. The van der Waals surface area contributed by atoms with Crippen molar-refractivity contribution < 1.29 is 55.7 Å². The van der Waals surface area contributed by atoms with E-state index in [0.29, 0.717) is 25.0 Å². The van der Waals surface area contributed by atoms with Crippen LogP contribution in [0.2, 0.25) is 0 Å². The van der Waals surface area contributed by atoms with E-state index in [2.05, 4.69) is 43.5 Å². The van der Waals surface area contributed by atoms with Crippen LogP contribution in [0.25, 0.3) is 0 Å². The third kappa shape index (κ3) is 10.4. The minimum atomic E-state index is -5.08. The fraction of sp³-hybridized carbons (Fsp3) is 0.630. The number of halogens is 6. The van der Waals surface area contributed by atoms with Gasteiger partial charge in [0.2, 0.25) is 5.91 Å². The van der Waals surface area contributed by atoms with Crippen molar-refractivity contribution in [1.29, 1.82) is 0 Å². The number of aromatic nitrogens is 2. The van der Waals surface area contributed by atoms with E-state index in [1.165, 1.54) is 10.4 Å². The Balaban J connectivity index is 0.000000331. The Morgan fingerprint density at radius 1 is 1.00 bits per heavy atom. The number of fused-ring (bicyclic) bond motifs is 1. The standard InChI is InChI=1S/C23H33N5O2S.2C2HF3O2/c1-25-13-19(12-24-25)14-27-16-20-15-26(17-21-4-2-11-31-21)6-3-5-23(20,18-27)22(29)28-7-9-30-10-8-28;2*3-2(4,5)1(6)7/h2,4,11-13,20H,3,5-10,14-18H2,1H3;2*(H,6,7)/t20-,23-;;/m0../s1. The Morgan fingerprint density at radius 2 is 1.60 bits per heavy atom. The molecule has 0 radical (unpaired) electrons. The smallest absolute Gasteiger partial charge is 0.475 e. The number of ether oxygens (including phenoxy) is 1. The maximum atomic E-state index is 13.9. The molecule has 3 aliphatic heterocycles. The summed E-state index contributed by atoms with van der Waals surface area (Å²) < 4.78 is 70.9. The number of carboxylic acids is 2. The molecule has 3 fully saturated rings. The second-order valence-electron chi connectivity index (χ2n) is 11.0. The average Bonchev–Trinajstić information content (AvgIpc) is 3.67. The van der Waals surface area contributed by atoms with Gasteiger partial charge in [0.25, 0.3) is 0 Å². The van der Waals surface area contributed by atoms with Gasteiger partial charge < -0.3 is 19.8 Å². The van der Waals surface area contributed by atoms with E-state index >= 15 is 0 Å². The van der Waals surface area contributed by atoms with Crippen LogP contribution in [-0.2, 0) is 39.3 Å². The van der Waals surface area contributed by atoms with Crippen molar-refractivity contribution in [2.75, 3.05) is 52.5 Å². The number of hydrogen-bond donors (Lipinski definition) is 2. The summed E-state index contributed by atoms with van der Waals surface area (Å²) in [6.45, 7) is 8.57. The van der Waals surface area contributed by atoms with Crippen LogP contribution in [0.1, 0.15) is 23.3 Å². The molecule has 2 N–H and O–H groups in total. The second-order valence-corrected chi connectivity index (χ2v) is 12.0. The molecule has 0 bridgehead atoms. The molecule has 3 saturated heterocycles. The van der Waals surface area contributed by atoms with E-state index in [1.807, 2.05) is 29.3 Å². The molecule has 5 rings (SSSR count). The molecule has 0 spiro atoms. The summed E-state index contributed by atoms with van der Waals surface area (Å²) >= 11 is 1.83. The van der Waals surface area contributed by atoms with E-state index in [-0.39, 0.29) is 5.41 Å². The molecule has 3 aliphatic rings. The van der Waals surface area contributed by atoms with Crippen molar-refractivity contribution >= 4 is 29.2 Å². The first-order valence-corrected chi connectivity index (χ1v) is 14.8. The number of rotatable bonds is 5. The number of hydrogen-bond acceptors (Lipinski definition) is 8. The monoisotopic (exact) mass is 671 g/mol. The molecule has 18 heteroatoms. The van der Waals surface area contributed by atoms with Crippen LogP contribution in [0.15, 0.2) is 29.9 Å². The maximum Gasteiger partial charge on any atom is 0.490 e. The summed E-state index contributed by atoms with van der Waals surface area (Å²) in [5.41, 5.74) is 0.951. The molecule has 1 amide bonds. The molecule has 0 unspecified atom stereocenters. The van der Waals surface area contributed by atoms with E-state index in [1.54, 1.807) is 0 Å². The maximum absolute atomic E-state index is 13.9. The van der Waals surface area contributed by atoms with Gasteiger partial charge in [0.15, 0.2) is 0 Å². The topological polar surface area (TPSA) is 128 Å². The van der Waals surface area contributed by atoms with Gasteiger partial charge in [0, 0.05) is 69.5 Å². The molecule has 0 aliphatic carbocycles. The largest absolute Gasteiger partial charge is 0.490 e. The number of aryl methyl sites for hydroxylation is 1. The molecule has 2 aromatic heterocycles. The summed E-state index contributed by atoms with van der Waals surface area (Å²) in [6, 6.07) is 4.36. The van der Waals surface area contributed by atoms with Gasteiger partial charge in [-0.3, -0.25) is 19.3 Å². The van der Waals surface area contributed by atoms with Crippen molar-refractivity contribution in [1.82, 2.24) is 24.5 Å². The minimum absolute atomic E-state index is 0.274. The highest BCUT2D eigenvalue weighted by Gasteiger charge is 2.54. The molecular formula is C27H35F6N5O6S. The van der Waals surface area contributed by atoms with E-state index in [9.17, 15) is 31.1 Å². The fourth-order valence-corrected chi connectivity index (χ4v) is 6.49. The summed E-state index contributed by atoms with van der Waals surface area (Å²) in [5.74, 6) is -4.78. The number of likely N-dealkylation sites (tertiary alicyclic amines) is 2. The highest BCUT2D eigenvalue weighted by atomic mass is 32.1. The summed E-state index contributed by atoms with van der Waals surface area (Å²) in [4.78, 5) is 40.3. The Hall–Kier alpha value is -3.22. The molecule has 0 saturated carbocycles. The first kappa shape index (κ1) is 36.3. The number of carboxylic acid groups (broad SMARTS) is 2. The zero-order chi connectivity index (χ0) is 33.4. The van der Waals surface area contributed by atoms with Gasteiger partial charge in [0.1, 0.15) is 0 Å². The van der Waals surface area contributed by atoms with Gasteiger partial charge in [0.05, 0.1) is 24.8 Å². The first-order valence-electron chi connectivity index (χ1n) is 13.9. The summed E-state index contributed by atoms with van der Waals surface area (Å²) in [7, 11) is 1.96. The Kier molecular flexibility index (Phi) is 12.4. The average molecular weight is 672 g/mol. The molecule has 5 heterocycles. The lowest BCUT2D eigenvalue weighted by molar-refractivity contribution is -0.193. The Bertz CT molecular complexity index is 1240. The van der Waals surface area contributed by atoms with Crippen LogP contribution in [0.5, 0.6) is 0 Å². The van der Waals surface area contributed by atoms with E-state index in [4.69, 9.17) is 24.5 Å². The Labute approximate surface area is 258 Å². The normalized spacial score (nSPS) is 22.7. The highest BCUT2D eigenvalue weighted by Crippen LogP contribution is 2.45. The molecule has 252 valence electrons. The lowest BCUT2D eigenvalue weighted by atomic mass is 9.73. The van der Waals surface area contributed by atoms with Crippen molar-refractivity contribution in [3.63, 3.8) is 0 Å². The first-order chi connectivity index (χ1) is 21.0. The van der Waals surface area contributed by atoms with Gasteiger partial charge in [-0.2, -0.15) is 31.4 Å². The van der Waals surface area contributed by atoms with Gasteiger partial charge in [-0.1, -0.05) is 6.07 Å². The number of alkyl halides is 6. The highest BCUT2D eigenvalue weighted by molar-refractivity contribution is 7.09. The van der Waals surface area contributed by atoms with Crippen LogP contribution in [-0.4, -0.2) is 117 Å². The zero-order valence-corrected chi connectivity index (χ0v) is 25.2. The van der Waals surface area contributed by atoms with Crippen LogP contribution in [0.3, 0.4) is 0 Å². The number of thiophene rings is 1. The van der Waals surface area contributed by atoms with E-state index in [0.717, 1.165) is 65.2 Å². The van der Waals surface area contributed by atoms with Crippen molar-refractivity contribution in [3.05, 3.63) is 40.3 Å². The fourth-order valence-electron chi connectivity index (χ4n) is 5.75. The summed E-state index contributed by atoms with van der Waals surface area (Å²) in [5, 5.41) is 20.7. The zero-order valence-electron chi connectivity index (χ0n) is 24.4. The predicted octanol–water partition coefficient (Wildman–Crippen LogP) is 3.32.